The van der Waals surface area contributed by atoms with Crippen molar-refractivity contribution >= 4 is 22.5 Å². The van der Waals surface area contributed by atoms with Crippen molar-refractivity contribution < 1.29 is 13.2 Å². The van der Waals surface area contributed by atoms with E-state index < -0.39 is 11.7 Å². The molecular formula is C14H11F3N4. The van der Waals surface area contributed by atoms with Gasteiger partial charge < -0.3 is 9.88 Å². The van der Waals surface area contributed by atoms with Gasteiger partial charge in [0.2, 0.25) is 0 Å². The van der Waals surface area contributed by atoms with Crippen LogP contribution in [0.4, 0.5) is 24.7 Å². The Kier molecular flexibility index (Phi) is 3.04. The van der Waals surface area contributed by atoms with Crippen LogP contribution >= 0.6 is 0 Å². The van der Waals surface area contributed by atoms with E-state index in [0.29, 0.717) is 11.5 Å². The molecule has 0 radical (unpaired) electrons. The summed E-state index contributed by atoms with van der Waals surface area (Å²) in [5, 5.41) is 2.97. The predicted molar refractivity (Wildman–Crippen MR) is 73.2 cm³/mol. The number of hydrogen-bond acceptors (Lipinski definition) is 3. The summed E-state index contributed by atoms with van der Waals surface area (Å²) in [6.07, 6.45) is -1.04. The SMILES string of the molecule is Cn1cnc2cnc(Nc3ccc(C(F)(F)F)cc3)cc21. The number of pyridine rings is 1. The molecule has 4 nitrogen and oxygen atoms in total. The van der Waals surface area contributed by atoms with E-state index in [2.05, 4.69) is 15.3 Å². The zero-order valence-electron chi connectivity index (χ0n) is 11.0. The number of nitrogens with one attached hydrogen (secondary N) is 1. The maximum atomic E-state index is 12.5. The maximum Gasteiger partial charge on any atom is 0.416 e. The first kappa shape index (κ1) is 13.4. The summed E-state index contributed by atoms with van der Waals surface area (Å²) in [6.45, 7) is 0. The number of rotatable bonds is 2. The Morgan fingerprint density at radius 3 is 2.48 bits per heavy atom. The minimum absolute atomic E-state index is 0.539. The molecule has 0 unspecified atom stereocenters. The van der Waals surface area contributed by atoms with Crippen LogP contribution < -0.4 is 5.32 Å². The lowest BCUT2D eigenvalue weighted by atomic mass is 10.2. The number of anilines is 2. The minimum Gasteiger partial charge on any atom is -0.340 e. The highest BCUT2D eigenvalue weighted by Crippen LogP contribution is 2.30. The average Bonchev–Trinajstić information content (AvgIpc) is 2.80. The Morgan fingerprint density at radius 2 is 1.81 bits per heavy atom. The number of imidazole rings is 1. The molecule has 2 heterocycles. The predicted octanol–water partition coefficient (Wildman–Crippen LogP) is 3.73. The first-order chi connectivity index (χ1) is 9.93. The van der Waals surface area contributed by atoms with E-state index in [-0.39, 0.29) is 0 Å². The number of aromatic nitrogens is 3. The molecule has 7 heteroatoms. The fourth-order valence-corrected chi connectivity index (χ4v) is 1.99. The molecule has 2 aromatic heterocycles. The van der Waals surface area contributed by atoms with Crippen LogP contribution in [0.25, 0.3) is 11.0 Å². The van der Waals surface area contributed by atoms with Gasteiger partial charge in [-0.15, -0.1) is 0 Å². The first-order valence-electron chi connectivity index (χ1n) is 6.15. The third kappa shape index (κ3) is 2.67. The van der Waals surface area contributed by atoms with Gasteiger partial charge in [0, 0.05) is 18.8 Å². The normalized spacial score (nSPS) is 11.8. The topological polar surface area (TPSA) is 42.7 Å². The van der Waals surface area contributed by atoms with E-state index in [1.165, 1.54) is 12.1 Å². The third-order valence-corrected chi connectivity index (χ3v) is 3.10. The number of nitrogens with zero attached hydrogens (tertiary/aromatic N) is 3. The van der Waals surface area contributed by atoms with Gasteiger partial charge in [-0.1, -0.05) is 0 Å². The molecule has 21 heavy (non-hydrogen) atoms. The monoisotopic (exact) mass is 292 g/mol. The molecule has 0 aliphatic heterocycles. The van der Waals surface area contributed by atoms with Crippen molar-refractivity contribution in [3.63, 3.8) is 0 Å². The molecule has 0 aliphatic carbocycles. The van der Waals surface area contributed by atoms with Crippen LogP contribution in [0.2, 0.25) is 0 Å². The average molecular weight is 292 g/mol. The summed E-state index contributed by atoms with van der Waals surface area (Å²) in [5.41, 5.74) is 1.51. The number of alkyl halides is 3. The molecule has 1 N–H and O–H groups in total. The Morgan fingerprint density at radius 1 is 1.10 bits per heavy atom. The lowest BCUT2D eigenvalue weighted by Gasteiger charge is -2.09. The van der Waals surface area contributed by atoms with Crippen molar-refractivity contribution in [2.45, 2.75) is 6.18 Å². The highest BCUT2D eigenvalue weighted by molar-refractivity contribution is 5.78. The van der Waals surface area contributed by atoms with Gasteiger partial charge in [0.25, 0.3) is 0 Å². The van der Waals surface area contributed by atoms with Crippen LogP contribution in [0, 0.1) is 0 Å². The summed E-state index contributed by atoms with van der Waals surface area (Å²) in [4.78, 5) is 8.33. The summed E-state index contributed by atoms with van der Waals surface area (Å²) in [6, 6.07) is 6.60. The van der Waals surface area contributed by atoms with E-state index in [9.17, 15) is 13.2 Å². The number of halogens is 3. The zero-order valence-corrected chi connectivity index (χ0v) is 11.0. The zero-order chi connectivity index (χ0) is 15.0. The van der Waals surface area contributed by atoms with Gasteiger partial charge >= 0.3 is 6.18 Å². The molecular weight excluding hydrogens is 281 g/mol. The van der Waals surface area contributed by atoms with E-state index in [4.69, 9.17) is 0 Å². The van der Waals surface area contributed by atoms with Crippen molar-refractivity contribution in [2.24, 2.45) is 7.05 Å². The van der Waals surface area contributed by atoms with Crippen molar-refractivity contribution in [1.29, 1.82) is 0 Å². The molecule has 3 aromatic rings. The quantitative estimate of drug-likeness (QED) is 0.782. The molecule has 0 aliphatic rings. The molecule has 0 atom stereocenters. The summed E-state index contributed by atoms with van der Waals surface area (Å²) < 4.78 is 39.3. The largest absolute Gasteiger partial charge is 0.416 e. The fraction of sp³-hybridized carbons (Fsp3) is 0.143. The molecule has 0 saturated carbocycles. The van der Waals surface area contributed by atoms with Crippen molar-refractivity contribution in [3.05, 3.63) is 48.4 Å². The van der Waals surface area contributed by atoms with Crippen LogP contribution in [-0.4, -0.2) is 14.5 Å². The van der Waals surface area contributed by atoms with Gasteiger partial charge in [0.05, 0.1) is 23.6 Å². The summed E-state index contributed by atoms with van der Waals surface area (Å²) in [5.74, 6) is 0.547. The molecule has 0 amide bonds. The van der Waals surface area contributed by atoms with Crippen LogP contribution in [-0.2, 0) is 13.2 Å². The first-order valence-corrected chi connectivity index (χ1v) is 6.15. The highest BCUT2D eigenvalue weighted by atomic mass is 19.4. The van der Waals surface area contributed by atoms with Gasteiger partial charge in [-0.2, -0.15) is 13.2 Å². The Hall–Kier alpha value is -2.57. The van der Waals surface area contributed by atoms with Gasteiger partial charge in [-0.3, -0.25) is 0 Å². The molecule has 0 bridgehead atoms. The van der Waals surface area contributed by atoms with Crippen LogP contribution in [0.5, 0.6) is 0 Å². The van der Waals surface area contributed by atoms with Gasteiger partial charge in [0.15, 0.2) is 0 Å². The molecule has 0 fully saturated rings. The smallest absolute Gasteiger partial charge is 0.340 e. The Labute approximate surface area is 118 Å². The van der Waals surface area contributed by atoms with E-state index in [1.54, 1.807) is 18.6 Å². The van der Waals surface area contributed by atoms with Crippen molar-refractivity contribution in [2.75, 3.05) is 5.32 Å². The Bertz CT molecular complexity index is 775. The van der Waals surface area contributed by atoms with E-state index in [1.807, 2.05) is 11.6 Å². The van der Waals surface area contributed by atoms with Crippen molar-refractivity contribution in [1.82, 2.24) is 14.5 Å². The van der Waals surface area contributed by atoms with Gasteiger partial charge in [0.1, 0.15) is 11.3 Å². The minimum atomic E-state index is -4.33. The fourth-order valence-electron chi connectivity index (χ4n) is 1.99. The Balaban J connectivity index is 1.86. The second kappa shape index (κ2) is 4.76. The molecule has 0 saturated heterocycles. The third-order valence-electron chi connectivity index (χ3n) is 3.10. The molecule has 1 aromatic carbocycles. The lowest BCUT2D eigenvalue weighted by molar-refractivity contribution is -0.137. The van der Waals surface area contributed by atoms with Gasteiger partial charge in [-0.05, 0) is 24.3 Å². The van der Waals surface area contributed by atoms with Crippen LogP contribution in [0.3, 0.4) is 0 Å². The van der Waals surface area contributed by atoms with Crippen molar-refractivity contribution in [3.8, 4) is 0 Å². The van der Waals surface area contributed by atoms with E-state index >= 15 is 0 Å². The number of hydrogen-bond donors (Lipinski definition) is 1. The van der Waals surface area contributed by atoms with Crippen LogP contribution in [0.15, 0.2) is 42.9 Å². The van der Waals surface area contributed by atoms with E-state index in [0.717, 1.165) is 23.2 Å². The second-order valence-corrected chi connectivity index (χ2v) is 4.61. The standard InChI is InChI=1S/C14H11F3N4/c1-21-8-19-11-7-18-13(6-12(11)21)20-10-4-2-9(3-5-10)14(15,16)17/h2-8H,1H3,(H,18,20). The van der Waals surface area contributed by atoms with Crippen LogP contribution in [0.1, 0.15) is 5.56 Å². The highest BCUT2D eigenvalue weighted by Gasteiger charge is 2.29. The number of benzene rings is 1. The molecule has 108 valence electrons. The summed E-state index contributed by atoms with van der Waals surface area (Å²) >= 11 is 0. The number of aryl methyl sites for hydroxylation is 1. The second-order valence-electron chi connectivity index (χ2n) is 4.61. The lowest BCUT2D eigenvalue weighted by Crippen LogP contribution is -2.04. The molecule has 0 spiro atoms. The maximum absolute atomic E-state index is 12.5. The number of fused-ring (bicyclic) bond motifs is 1. The summed E-state index contributed by atoms with van der Waals surface area (Å²) in [7, 11) is 1.86. The van der Waals surface area contributed by atoms with Gasteiger partial charge in [-0.25, -0.2) is 9.97 Å². The molecule has 3 rings (SSSR count).